The van der Waals surface area contributed by atoms with Crippen molar-refractivity contribution in [2.75, 3.05) is 13.1 Å². The van der Waals surface area contributed by atoms with Crippen LogP contribution in [-0.4, -0.2) is 23.1 Å². The van der Waals surface area contributed by atoms with Crippen LogP contribution in [0.25, 0.3) is 0 Å². The zero-order valence-corrected chi connectivity index (χ0v) is 10.2. The van der Waals surface area contributed by atoms with Gasteiger partial charge in [0, 0.05) is 17.8 Å². The van der Waals surface area contributed by atoms with Gasteiger partial charge in [-0.15, -0.1) is 0 Å². The Morgan fingerprint density at radius 3 is 3.06 bits per heavy atom. The molecule has 0 aliphatic carbocycles. The second-order valence-corrected chi connectivity index (χ2v) is 4.98. The van der Waals surface area contributed by atoms with E-state index in [0.29, 0.717) is 5.92 Å². The van der Waals surface area contributed by atoms with Gasteiger partial charge >= 0.3 is 0 Å². The van der Waals surface area contributed by atoms with Crippen molar-refractivity contribution in [3.05, 3.63) is 23.8 Å². The normalized spacial score (nSPS) is 21.3. The van der Waals surface area contributed by atoms with Gasteiger partial charge in [0.05, 0.1) is 0 Å². The maximum atomic E-state index is 4.63. The van der Waals surface area contributed by atoms with Gasteiger partial charge in [0.15, 0.2) is 0 Å². The van der Waals surface area contributed by atoms with Crippen LogP contribution in [0.5, 0.6) is 0 Å². The molecule has 1 aliphatic heterocycles. The highest BCUT2D eigenvalue weighted by atomic mass is 14.9. The summed E-state index contributed by atoms with van der Waals surface area (Å²) < 4.78 is 0. The zero-order valence-electron chi connectivity index (χ0n) is 10.2. The first-order valence-corrected chi connectivity index (χ1v) is 6.28. The Labute approximate surface area is 97.7 Å². The lowest BCUT2D eigenvalue weighted by atomic mass is 9.94. The lowest BCUT2D eigenvalue weighted by Crippen LogP contribution is -2.31. The van der Waals surface area contributed by atoms with Crippen molar-refractivity contribution in [3.63, 3.8) is 0 Å². The van der Waals surface area contributed by atoms with Crippen LogP contribution in [-0.2, 0) is 6.42 Å². The molecule has 1 aliphatic rings. The molecule has 1 fully saturated rings. The largest absolute Gasteiger partial charge is 0.316 e. The van der Waals surface area contributed by atoms with Gasteiger partial charge in [-0.3, -0.25) is 0 Å². The lowest BCUT2D eigenvalue weighted by molar-refractivity contribution is 0.373. The van der Waals surface area contributed by atoms with E-state index >= 15 is 0 Å². The summed E-state index contributed by atoms with van der Waals surface area (Å²) in [4.78, 5) is 8.93. The summed E-state index contributed by atoms with van der Waals surface area (Å²) in [6, 6.07) is 2.06. The van der Waals surface area contributed by atoms with Crippen LogP contribution in [0, 0.1) is 5.92 Å². The Hall–Kier alpha value is -0.960. The van der Waals surface area contributed by atoms with Crippen LogP contribution in [0.4, 0.5) is 0 Å². The van der Waals surface area contributed by atoms with E-state index < -0.39 is 0 Å². The Bertz CT molecular complexity index is 330. The fourth-order valence-corrected chi connectivity index (χ4v) is 2.20. The molecule has 0 bridgehead atoms. The summed E-state index contributed by atoms with van der Waals surface area (Å²) in [5.41, 5.74) is 1.20. The van der Waals surface area contributed by atoms with Crippen LogP contribution in [0.2, 0.25) is 0 Å². The van der Waals surface area contributed by atoms with Crippen molar-refractivity contribution in [3.8, 4) is 0 Å². The fraction of sp³-hybridized carbons (Fsp3) is 0.692. The molecule has 88 valence electrons. The van der Waals surface area contributed by atoms with E-state index in [0.717, 1.165) is 24.7 Å². The highest BCUT2D eigenvalue weighted by Gasteiger charge is 2.14. The average molecular weight is 219 g/mol. The monoisotopic (exact) mass is 219 g/mol. The first-order chi connectivity index (χ1) is 7.75. The number of nitrogens with one attached hydrogen (secondary N) is 1. The van der Waals surface area contributed by atoms with Crippen molar-refractivity contribution in [2.24, 2.45) is 5.92 Å². The molecule has 0 radical (unpaired) electrons. The Balaban J connectivity index is 2.00. The highest BCUT2D eigenvalue weighted by Crippen LogP contribution is 2.16. The molecule has 3 heteroatoms. The second kappa shape index (κ2) is 5.39. The maximum Gasteiger partial charge on any atom is 0.131 e. The molecule has 0 aromatic carbocycles. The first-order valence-electron chi connectivity index (χ1n) is 6.28. The fourth-order valence-electron chi connectivity index (χ4n) is 2.20. The minimum absolute atomic E-state index is 0.421. The summed E-state index contributed by atoms with van der Waals surface area (Å²) in [6.07, 6.45) is 5.62. The zero-order chi connectivity index (χ0) is 11.4. The van der Waals surface area contributed by atoms with Crippen molar-refractivity contribution < 1.29 is 0 Å². The van der Waals surface area contributed by atoms with Crippen LogP contribution in [0.3, 0.4) is 0 Å². The summed E-state index contributed by atoms with van der Waals surface area (Å²) in [5.74, 6) is 2.15. The second-order valence-electron chi connectivity index (χ2n) is 4.98. The summed E-state index contributed by atoms with van der Waals surface area (Å²) in [6.45, 7) is 6.60. The van der Waals surface area contributed by atoms with Crippen LogP contribution in [0.1, 0.15) is 44.1 Å². The Morgan fingerprint density at radius 2 is 2.38 bits per heavy atom. The van der Waals surface area contributed by atoms with Gasteiger partial charge in [-0.05, 0) is 44.3 Å². The van der Waals surface area contributed by atoms with Crippen molar-refractivity contribution in [2.45, 2.75) is 39.0 Å². The van der Waals surface area contributed by atoms with E-state index in [4.69, 9.17) is 0 Å². The molecule has 1 N–H and O–H groups in total. The molecule has 1 aromatic heterocycles. The number of hydrogen-bond acceptors (Lipinski definition) is 3. The van der Waals surface area contributed by atoms with Gasteiger partial charge in [-0.1, -0.05) is 13.8 Å². The third-order valence-corrected chi connectivity index (χ3v) is 3.15. The third-order valence-electron chi connectivity index (χ3n) is 3.15. The maximum absolute atomic E-state index is 4.63. The smallest absolute Gasteiger partial charge is 0.131 e. The molecular weight excluding hydrogens is 198 g/mol. The topological polar surface area (TPSA) is 37.8 Å². The van der Waals surface area contributed by atoms with E-state index in [1.54, 1.807) is 0 Å². The molecule has 0 amide bonds. The molecule has 2 rings (SSSR count). The summed E-state index contributed by atoms with van der Waals surface area (Å²) >= 11 is 0. The molecule has 3 nitrogen and oxygen atoms in total. The minimum Gasteiger partial charge on any atom is -0.316 e. The number of nitrogens with zero attached hydrogens (tertiary/aromatic N) is 2. The number of aromatic nitrogens is 2. The highest BCUT2D eigenvalue weighted by molar-refractivity contribution is 5.05. The van der Waals surface area contributed by atoms with Crippen LogP contribution in [0.15, 0.2) is 12.3 Å². The van der Waals surface area contributed by atoms with Crippen LogP contribution >= 0.6 is 0 Å². The Morgan fingerprint density at radius 1 is 1.50 bits per heavy atom. The van der Waals surface area contributed by atoms with Gasteiger partial charge < -0.3 is 5.32 Å². The van der Waals surface area contributed by atoms with Gasteiger partial charge in [-0.2, -0.15) is 0 Å². The van der Waals surface area contributed by atoms with Gasteiger partial charge in [0.2, 0.25) is 0 Å². The molecule has 16 heavy (non-hydrogen) atoms. The van der Waals surface area contributed by atoms with Gasteiger partial charge in [-0.25, -0.2) is 9.97 Å². The lowest BCUT2D eigenvalue weighted by Gasteiger charge is -2.22. The molecule has 1 saturated heterocycles. The molecule has 0 saturated carbocycles. The predicted molar refractivity (Wildman–Crippen MR) is 65.4 cm³/mol. The standard InChI is InChI=1S/C13H21N3/c1-10(2)13-15-7-5-12(16-13)8-11-4-3-6-14-9-11/h5,7,10-11,14H,3-4,6,8-9H2,1-2H3. The molecule has 1 aromatic rings. The van der Waals surface area contributed by atoms with Gasteiger partial charge in [0.25, 0.3) is 0 Å². The third kappa shape index (κ3) is 3.01. The number of rotatable bonds is 3. The van der Waals surface area contributed by atoms with E-state index in [-0.39, 0.29) is 0 Å². The minimum atomic E-state index is 0.421. The first kappa shape index (κ1) is 11.5. The average Bonchev–Trinajstić information content (AvgIpc) is 2.30. The predicted octanol–water partition coefficient (Wildman–Crippen LogP) is 2.14. The SMILES string of the molecule is CC(C)c1nccc(CC2CCCNC2)n1. The van der Waals surface area contributed by atoms with Crippen molar-refractivity contribution in [1.29, 1.82) is 0 Å². The summed E-state index contributed by atoms with van der Waals surface area (Å²) in [5, 5.41) is 3.45. The number of hydrogen-bond donors (Lipinski definition) is 1. The molecule has 0 spiro atoms. The summed E-state index contributed by atoms with van der Waals surface area (Å²) in [7, 11) is 0. The van der Waals surface area contributed by atoms with E-state index in [1.807, 2.05) is 6.20 Å². The van der Waals surface area contributed by atoms with Gasteiger partial charge in [0.1, 0.15) is 5.82 Å². The van der Waals surface area contributed by atoms with E-state index in [1.165, 1.54) is 25.1 Å². The molecule has 2 heterocycles. The quantitative estimate of drug-likeness (QED) is 0.846. The molecular formula is C13H21N3. The van der Waals surface area contributed by atoms with E-state index in [2.05, 4.69) is 35.2 Å². The Kier molecular flexibility index (Phi) is 3.88. The van der Waals surface area contributed by atoms with Crippen molar-refractivity contribution >= 4 is 0 Å². The number of piperidine rings is 1. The van der Waals surface area contributed by atoms with E-state index in [9.17, 15) is 0 Å². The molecule has 1 unspecified atom stereocenters. The van der Waals surface area contributed by atoms with Crippen molar-refractivity contribution in [1.82, 2.24) is 15.3 Å². The van der Waals surface area contributed by atoms with Crippen LogP contribution < -0.4 is 5.32 Å². The molecule has 1 atom stereocenters.